The Morgan fingerprint density at radius 1 is 0.939 bits per heavy atom. The number of hydrogen-bond donors (Lipinski definition) is 2. The Morgan fingerprint density at radius 2 is 1.64 bits per heavy atom. The van der Waals surface area contributed by atoms with E-state index < -0.39 is 0 Å². The summed E-state index contributed by atoms with van der Waals surface area (Å²) in [5.41, 5.74) is 3.00. The summed E-state index contributed by atoms with van der Waals surface area (Å²) in [4.78, 5) is 33.0. The minimum absolute atomic E-state index is 0.0452. The predicted octanol–water partition coefficient (Wildman–Crippen LogP) is 4.96. The molecule has 6 nitrogen and oxygen atoms in total. The van der Waals surface area contributed by atoms with Gasteiger partial charge in [0.15, 0.2) is 0 Å². The topological polar surface area (TPSA) is 68.4 Å². The minimum Gasteiger partial charge on any atom is -0.361 e. The molecule has 0 aliphatic heterocycles. The molecule has 33 heavy (non-hydrogen) atoms. The van der Waals surface area contributed by atoms with E-state index in [1.165, 1.54) is 10.9 Å². The molecule has 6 heteroatoms. The fourth-order valence-electron chi connectivity index (χ4n) is 3.88. The van der Waals surface area contributed by atoms with Crippen molar-refractivity contribution >= 4 is 22.8 Å². The number of rotatable bonds is 9. The third kappa shape index (κ3) is 7.11. The van der Waals surface area contributed by atoms with Crippen LogP contribution in [-0.2, 0) is 17.8 Å². The molecule has 0 spiro atoms. The maximum Gasteiger partial charge on any atom is 0.318 e. The van der Waals surface area contributed by atoms with E-state index in [9.17, 15) is 9.59 Å². The van der Waals surface area contributed by atoms with Gasteiger partial charge in [-0.05, 0) is 50.8 Å². The van der Waals surface area contributed by atoms with E-state index >= 15 is 0 Å². The lowest BCUT2D eigenvalue weighted by molar-refractivity contribution is -0.132. The van der Waals surface area contributed by atoms with E-state index in [2.05, 4.69) is 22.4 Å². The zero-order chi connectivity index (χ0) is 23.8. The quantitative estimate of drug-likeness (QED) is 0.486. The third-order valence-corrected chi connectivity index (χ3v) is 5.48. The van der Waals surface area contributed by atoms with Crippen LogP contribution in [0, 0.1) is 0 Å². The average molecular weight is 449 g/mol. The molecule has 0 fully saturated rings. The molecule has 0 aliphatic rings. The van der Waals surface area contributed by atoms with Gasteiger partial charge in [-0.25, -0.2) is 4.79 Å². The number of H-pyrrole nitrogens is 1. The van der Waals surface area contributed by atoms with Gasteiger partial charge >= 0.3 is 6.03 Å². The van der Waals surface area contributed by atoms with Crippen molar-refractivity contribution in [1.29, 1.82) is 0 Å². The van der Waals surface area contributed by atoms with Crippen molar-refractivity contribution in [2.45, 2.75) is 52.6 Å². The molecule has 0 bridgehead atoms. The number of carbonyl (C=O) groups excluding carboxylic acids is 2. The van der Waals surface area contributed by atoms with E-state index in [0.717, 1.165) is 23.9 Å². The Balaban J connectivity index is 1.75. The van der Waals surface area contributed by atoms with Gasteiger partial charge in [0.05, 0.1) is 0 Å². The van der Waals surface area contributed by atoms with Crippen molar-refractivity contribution in [3.05, 3.63) is 71.9 Å². The first kappa shape index (κ1) is 24.4. The predicted molar refractivity (Wildman–Crippen MR) is 134 cm³/mol. The standard InChI is InChI=1S/C27H36N4O2/c1-5-16-31(26(33)29-27(2,3)4)20-25(32)30(19-21-11-7-6-8-12-21)17-15-22-18-28-24-14-10-9-13-23(22)24/h6-14,18,28H,5,15-17,19-20H2,1-4H3,(H,29,33). The van der Waals surface area contributed by atoms with E-state index in [0.29, 0.717) is 19.6 Å². The zero-order valence-electron chi connectivity index (χ0n) is 20.2. The largest absolute Gasteiger partial charge is 0.361 e. The van der Waals surface area contributed by atoms with Crippen LogP contribution in [-0.4, -0.2) is 51.9 Å². The Kier molecular flexibility index (Phi) is 8.15. The smallest absolute Gasteiger partial charge is 0.318 e. The molecule has 3 rings (SSSR count). The third-order valence-electron chi connectivity index (χ3n) is 5.48. The number of fused-ring (bicyclic) bond motifs is 1. The van der Waals surface area contributed by atoms with Gasteiger partial charge in [0, 0.05) is 42.3 Å². The number of carbonyl (C=O) groups is 2. The summed E-state index contributed by atoms with van der Waals surface area (Å²) in [6, 6.07) is 18.0. The number of amides is 3. The summed E-state index contributed by atoms with van der Waals surface area (Å²) in [5, 5.41) is 4.17. The number of nitrogens with one attached hydrogen (secondary N) is 2. The molecule has 3 amide bonds. The number of nitrogens with zero attached hydrogens (tertiary/aromatic N) is 2. The fourth-order valence-corrected chi connectivity index (χ4v) is 3.88. The number of para-hydroxylation sites is 1. The van der Waals surface area contributed by atoms with Gasteiger partial charge in [-0.2, -0.15) is 0 Å². The summed E-state index contributed by atoms with van der Waals surface area (Å²) in [7, 11) is 0. The molecule has 2 N–H and O–H groups in total. The summed E-state index contributed by atoms with van der Waals surface area (Å²) in [6.07, 6.45) is 3.55. The number of benzene rings is 2. The van der Waals surface area contributed by atoms with Gasteiger partial charge < -0.3 is 20.1 Å². The molecular weight excluding hydrogens is 412 g/mol. The molecule has 0 saturated heterocycles. The Morgan fingerprint density at radius 3 is 2.33 bits per heavy atom. The number of urea groups is 1. The van der Waals surface area contributed by atoms with Crippen molar-refractivity contribution in [3.8, 4) is 0 Å². The van der Waals surface area contributed by atoms with Gasteiger partial charge in [-0.1, -0.05) is 55.5 Å². The minimum atomic E-state index is -0.356. The number of hydrogen-bond acceptors (Lipinski definition) is 2. The van der Waals surface area contributed by atoms with Crippen molar-refractivity contribution in [2.24, 2.45) is 0 Å². The molecule has 176 valence electrons. The van der Waals surface area contributed by atoms with Crippen molar-refractivity contribution in [1.82, 2.24) is 20.1 Å². The van der Waals surface area contributed by atoms with Gasteiger partial charge in [-0.3, -0.25) is 4.79 Å². The maximum absolute atomic E-state index is 13.4. The monoisotopic (exact) mass is 448 g/mol. The molecule has 0 saturated carbocycles. The lowest BCUT2D eigenvalue weighted by atomic mass is 10.1. The molecule has 1 heterocycles. The molecule has 0 unspecified atom stereocenters. The molecule has 0 atom stereocenters. The summed E-state index contributed by atoms with van der Waals surface area (Å²) < 4.78 is 0. The Hall–Kier alpha value is -3.28. The van der Waals surface area contributed by atoms with Crippen LogP contribution >= 0.6 is 0 Å². The van der Waals surface area contributed by atoms with E-state index in [1.54, 1.807) is 4.90 Å². The van der Waals surface area contributed by atoms with Gasteiger partial charge in [0.2, 0.25) is 5.91 Å². The van der Waals surface area contributed by atoms with Crippen LogP contribution in [0.25, 0.3) is 10.9 Å². The van der Waals surface area contributed by atoms with Gasteiger partial charge in [0.1, 0.15) is 6.54 Å². The second-order valence-corrected chi connectivity index (χ2v) is 9.51. The van der Waals surface area contributed by atoms with Crippen molar-refractivity contribution in [3.63, 3.8) is 0 Å². The van der Waals surface area contributed by atoms with Crippen LogP contribution < -0.4 is 5.32 Å². The second-order valence-electron chi connectivity index (χ2n) is 9.51. The highest BCUT2D eigenvalue weighted by molar-refractivity contribution is 5.85. The lowest BCUT2D eigenvalue weighted by Gasteiger charge is -2.30. The Labute approximate surface area is 197 Å². The first-order valence-electron chi connectivity index (χ1n) is 11.7. The van der Waals surface area contributed by atoms with Crippen LogP contribution in [0.3, 0.4) is 0 Å². The zero-order valence-corrected chi connectivity index (χ0v) is 20.2. The first-order valence-corrected chi connectivity index (χ1v) is 11.7. The lowest BCUT2D eigenvalue weighted by Crippen LogP contribution is -2.51. The molecule has 2 aromatic carbocycles. The summed E-state index contributed by atoms with van der Waals surface area (Å²) in [6.45, 7) is 9.55. The van der Waals surface area contributed by atoms with Crippen LogP contribution in [0.2, 0.25) is 0 Å². The van der Waals surface area contributed by atoms with Gasteiger partial charge in [-0.15, -0.1) is 0 Å². The average Bonchev–Trinajstić information content (AvgIpc) is 3.19. The van der Waals surface area contributed by atoms with E-state index in [-0.39, 0.29) is 24.0 Å². The molecular formula is C27H36N4O2. The SMILES string of the molecule is CCCN(CC(=O)N(CCc1c[nH]c2ccccc12)Cc1ccccc1)C(=O)NC(C)(C)C. The van der Waals surface area contributed by atoms with Crippen LogP contribution in [0.5, 0.6) is 0 Å². The second kappa shape index (κ2) is 11.0. The van der Waals surface area contributed by atoms with Crippen molar-refractivity contribution < 1.29 is 9.59 Å². The highest BCUT2D eigenvalue weighted by atomic mass is 16.2. The summed E-state index contributed by atoms with van der Waals surface area (Å²) in [5.74, 6) is -0.0452. The molecule has 1 aromatic heterocycles. The van der Waals surface area contributed by atoms with Crippen LogP contribution in [0.1, 0.15) is 45.2 Å². The number of aromatic amines is 1. The summed E-state index contributed by atoms with van der Waals surface area (Å²) >= 11 is 0. The number of aromatic nitrogens is 1. The molecule has 0 aliphatic carbocycles. The van der Waals surface area contributed by atoms with Crippen LogP contribution in [0.15, 0.2) is 60.8 Å². The van der Waals surface area contributed by atoms with E-state index in [1.807, 2.05) is 81.3 Å². The van der Waals surface area contributed by atoms with Crippen molar-refractivity contribution in [2.75, 3.05) is 19.6 Å². The van der Waals surface area contributed by atoms with Gasteiger partial charge in [0.25, 0.3) is 0 Å². The first-order chi connectivity index (χ1) is 15.8. The molecule has 3 aromatic rings. The Bertz CT molecular complexity index is 1050. The van der Waals surface area contributed by atoms with E-state index in [4.69, 9.17) is 0 Å². The highest BCUT2D eigenvalue weighted by Crippen LogP contribution is 2.19. The van der Waals surface area contributed by atoms with Crippen LogP contribution in [0.4, 0.5) is 4.79 Å². The fraction of sp³-hybridized carbons (Fsp3) is 0.407. The maximum atomic E-state index is 13.4. The normalized spacial score (nSPS) is 11.4. The molecule has 0 radical (unpaired) electrons. The highest BCUT2D eigenvalue weighted by Gasteiger charge is 2.24.